The van der Waals surface area contributed by atoms with Gasteiger partial charge in [0.25, 0.3) is 5.91 Å². The molecule has 0 aromatic heterocycles. The van der Waals surface area contributed by atoms with E-state index in [0.29, 0.717) is 0 Å². The Morgan fingerprint density at radius 3 is 2.43 bits per heavy atom. The SMILES string of the molecule is CC(C)(C)N1CCC(NC(=O)c2cccc(F)c2F)CC1. The Morgan fingerprint density at radius 1 is 1.24 bits per heavy atom. The van der Waals surface area contributed by atoms with Crippen molar-refractivity contribution in [1.82, 2.24) is 10.2 Å². The molecule has 1 amide bonds. The number of benzene rings is 1. The Balaban J connectivity index is 1.95. The van der Waals surface area contributed by atoms with E-state index >= 15 is 0 Å². The molecule has 3 nitrogen and oxygen atoms in total. The summed E-state index contributed by atoms with van der Waals surface area (Å²) < 4.78 is 26.7. The Morgan fingerprint density at radius 2 is 1.86 bits per heavy atom. The second-order valence-electron chi connectivity index (χ2n) is 6.51. The number of carbonyl (C=O) groups is 1. The van der Waals surface area contributed by atoms with Gasteiger partial charge in [-0.1, -0.05) is 6.07 Å². The molecule has 1 aromatic rings. The minimum absolute atomic E-state index is 0.0127. The van der Waals surface area contributed by atoms with Crippen LogP contribution < -0.4 is 5.32 Å². The minimum Gasteiger partial charge on any atom is -0.349 e. The van der Waals surface area contributed by atoms with Gasteiger partial charge >= 0.3 is 0 Å². The summed E-state index contributed by atoms with van der Waals surface area (Å²) in [5.74, 6) is -2.62. The molecule has 0 bridgehead atoms. The molecule has 116 valence electrons. The lowest BCUT2D eigenvalue weighted by Crippen LogP contribution is -2.50. The maximum absolute atomic E-state index is 13.6. The van der Waals surface area contributed by atoms with Crippen LogP contribution in [0.4, 0.5) is 8.78 Å². The lowest BCUT2D eigenvalue weighted by molar-refractivity contribution is 0.0809. The predicted octanol–water partition coefficient (Wildman–Crippen LogP) is 2.96. The number of likely N-dealkylation sites (tertiary alicyclic amines) is 1. The Hall–Kier alpha value is -1.49. The lowest BCUT2D eigenvalue weighted by atomic mass is 9.98. The molecule has 1 saturated heterocycles. The maximum Gasteiger partial charge on any atom is 0.254 e. The molecule has 0 atom stereocenters. The quantitative estimate of drug-likeness (QED) is 0.910. The van der Waals surface area contributed by atoms with Crippen molar-refractivity contribution in [3.8, 4) is 0 Å². The van der Waals surface area contributed by atoms with Gasteiger partial charge in [-0.05, 0) is 45.7 Å². The van der Waals surface area contributed by atoms with E-state index in [1.807, 2.05) is 0 Å². The molecule has 1 heterocycles. The molecule has 0 aliphatic carbocycles. The first kappa shape index (κ1) is 15.9. The summed E-state index contributed by atoms with van der Waals surface area (Å²) in [7, 11) is 0. The van der Waals surface area contributed by atoms with E-state index in [-0.39, 0.29) is 17.1 Å². The van der Waals surface area contributed by atoms with Crippen LogP contribution in [-0.2, 0) is 0 Å². The van der Waals surface area contributed by atoms with Crippen LogP contribution in [0.5, 0.6) is 0 Å². The highest BCUT2D eigenvalue weighted by molar-refractivity contribution is 5.94. The third kappa shape index (κ3) is 3.79. The molecular weight excluding hydrogens is 274 g/mol. The van der Waals surface area contributed by atoms with Crippen molar-refractivity contribution < 1.29 is 13.6 Å². The van der Waals surface area contributed by atoms with E-state index in [2.05, 4.69) is 31.0 Å². The molecule has 0 unspecified atom stereocenters. The summed E-state index contributed by atoms with van der Waals surface area (Å²) in [6, 6.07) is 3.67. The zero-order valence-electron chi connectivity index (χ0n) is 12.7. The van der Waals surface area contributed by atoms with Gasteiger partial charge in [0, 0.05) is 24.7 Å². The number of nitrogens with zero attached hydrogens (tertiary/aromatic N) is 1. The fraction of sp³-hybridized carbons (Fsp3) is 0.562. The average molecular weight is 296 g/mol. The van der Waals surface area contributed by atoms with E-state index in [1.54, 1.807) is 0 Å². The number of nitrogens with one attached hydrogen (secondary N) is 1. The van der Waals surface area contributed by atoms with Crippen molar-refractivity contribution in [2.24, 2.45) is 0 Å². The van der Waals surface area contributed by atoms with Crippen molar-refractivity contribution in [2.75, 3.05) is 13.1 Å². The lowest BCUT2D eigenvalue weighted by Gasteiger charge is -2.41. The molecule has 21 heavy (non-hydrogen) atoms. The zero-order chi connectivity index (χ0) is 15.6. The summed E-state index contributed by atoms with van der Waals surface area (Å²) in [5.41, 5.74) is -0.114. The van der Waals surface area contributed by atoms with E-state index in [1.165, 1.54) is 12.1 Å². The standard InChI is InChI=1S/C16H22F2N2O/c1-16(2,3)20-9-7-11(8-10-20)19-15(21)12-5-4-6-13(17)14(12)18/h4-6,11H,7-10H2,1-3H3,(H,19,21). The van der Waals surface area contributed by atoms with E-state index < -0.39 is 17.5 Å². The van der Waals surface area contributed by atoms with Crippen molar-refractivity contribution in [2.45, 2.75) is 45.2 Å². The fourth-order valence-corrected chi connectivity index (χ4v) is 2.64. The van der Waals surface area contributed by atoms with Gasteiger partial charge in [-0.15, -0.1) is 0 Å². The first-order chi connectivity index (χ1) is 9.79. The normalized spacial score (nSPS) is 17.8. The van der Waals surface area contributed by atoms with Crippen LogP contribution in [0, 0.1) is 11.6 Å². The Bertz CT molecular complexity index is 517. The Kier molecular flexibility index (Phi) is 4.61. The van der Waals surface area contributed by atoms with Crippen LogP contribution in [0.2, 0.25) is 0 Å². The van der Waals surface area contributed by atoms with Crippen LogP contribution in [-0.4, -0.2) is 35.5 Å². The molecule has 1 fully saturated rings. The second kappa shape index (κ2) is 6.10. The summed E-state index contributed by atoms with van der Waals surface area (Å²) in [6.07, 6.45) is 1.64. The van der Waals surface area contributed by atoms with Crippen LogP contribution in [0.3, 0.4) is 0 Å². The first-order valence-corrected chi connectivity index (χ1v) is 7.29. The summed E-state index contributed by atoms with van der Waals surface area (Å²) >= 11 is 0. The van der Waals surface area contributed by atoms with Gasteiger partial charge in [-0.3, -0.25) is 9.69 Å². The number of carbonyl (C=O) groups excluding carboxylic acids is 1. The molecule has 2 rings (SSSR count). The third-order valence-corrected chi connectivity index (χ3v) is 3.98. The summed E-state index contributed by atoms with van der Waals surface area (Å²) in [5, 5.41) is 2.80. The zero-order valence-corrected chi connectivity index (χ0v) is 12.7. The first-order valence-electron chi connectivity index (χ1n) is 7.29. The number of halogens is 2. The third-order valence-electron chi connectivity index (χ3n) is 3.98. The van der Waals surface area contributed by atoms with Crippen molar-refractivity contribution in [3.63, 3.8) is 0 Å². The molecule has 0 saturated carbocycles. The monoisotopic (exact) mass is 296 g/mol. The van der Waals surface area contributed by atoms with E-state index in [4.69, 9.17) is 0 Å². The number of piperidine rings is 1. The molecule has 1 aliphatic heterocycles. The topological polar surface area (TPSA) is 32.3 Å². The second-order valence-corrected chi connectivity index (χ2v) is 6.51. The average Bonchev–Trinajstić information content (AvgIpc) is 2.41. The molecule has 5 heteroatoms. The van der Waals surface area contributed by atoms with Crippen LogP contribution in [0.15, 0.2) is 18.2 Å². The number of hydrogen-bond acceptors (Lipinski definition) is 2. The van der Waals surface area contributed by atoms with Gasteiger partial charge in [-0.2, -0.15) is 0 Å². The van der Waals surface area contributed by atoms with Crippen LogP contribution in [0.1, 0.15) is 44.0 Å². The molecule has 1 aromatic carbocycles. The molecular formula is C16H22F2N2O. The largest absolute Gasteiger partial charge is 0.349 e. The molecule has 1 aliphatic rings. The van der Waals surface area contributed by atoms with E-state index in [0.717, 1.165) is 32.0 Å². The van der Waals surface area contributed by atoms with Gasteiger partial charge in [0.15, 0.2) is 11.6 Å². The van der Waals surface area contributed by atoms with Crippen molar-refractivity contribution >= 4 is 5.91 Å². The Labute approximate surface area is 124 Å². The maximum atomic E-state index is 13.6. The predicted molar refractivity (Wildman–Crippen MR) is 78.2 cm³/mol. The van der Waals surface area contributed by atoms with Crippen molar-refractivity contribution in [1.29, 1.82) is 0 Å². The molecule has 1 N–H and O–H groups in total. The molecule has 0 spiro atoms. The van der Waals surface area contributed by atoms with Crippen molar-refractivity contribution in [3.05, 3.63) is 35.4 Å². The summed E-state index contributed by atoms with van der Waals surface area (Å²) in [4.78, 5) is 14.4. The van der Waals surface area contributed by atoms with Gasteiger partial charge < -0.3 is 5.32 Å². The highest BCUT2D eigenvalue weighted by Crippen LogP contribution is 2.20. The number of hydrogen-bond donors (Lipinski definition) is 1. The van der Waals surface area contributed by atoms with Crippen LogP contribution in [0.25, 0.3) is 0 Å². The fourth-order valence-electron chi connectivity index (χ4n) is 2.64. The van der Waals surface area contributed by atoms with Gasteiger partial charge in [0.2, 0.25) is 0 Å². The van der Waals surface area contributed by atoms with E-state index in [9.17, 15) is 13.6 Å². The highest BCUT2D eigenvalue weighted by Gasteiger charge is 2.28. The highest BCUT2D eigenvalue weighted by atomic mass is 19.2. The number of amides is 1. The minimum atomic E-state index is -1.08. The van der Waals surface area contributed by atoms with Crippen LogP contribution >= 0.6 is 0 Å². The van der Waals surface area contributed by atoms with Gasteiger partial charge in [-0.25, -0.2) is 8.78 Å². The number of rotatable bonds is 2. The summed E-state index contributed by atoms with van der Waals surface area (Å²) in [6.45, 7) is 8.26. The van der Waals surface area contributed by atoms with Gasteiger partial charge in [0.05, 0.1) is 5.56 Å². The smallest absolute Gasteiger partial charge is 0.254 e. The van der Waals surface area contributed by atoms with Gasteiger partial charge in [0.1, 0.15) is 0 Å². The molecule has 0 radical (unpaired) electrons.